The molecule has 1 heterocycles. The number of aryl methyl sites for hydroxylation is 2. The standard InChI is InChI=1S/C15H13ClN2O/c1-8-5-9(2)14-13(6-8)18-15(19-14)11-4-3-10(17)7-12(11)16/h3-7H,17H2,1-2H3. The summed E-state index contributed by atoms with van der Waals surface area (Å²) in [6.45, 7) is 4.05. The lowest BCUT2D eigenvalue weighted by molar-refractivity contribution is 0.617. The number of oxazole rings is 1. The minimum absolute atomic E-state index is 0.522. The SMILES string of the molecule is Cc1cc(C)c2oc(-c3ccc(N)cc3Cl)nc2c1. The maximum Gasteiger partial charge on any atom is 0.228 e. The zero-order chi connectivity index (χ0) is 13.6. The van der Waals surface area contributed by atoms with Gasteiger partial charge in [-0.2, -0.15) is 0 Å². The lowest BCUT2D eigenvalue weighted by atomic mass is 10.1. The van der Waals surface area contributed by atoms with Gasteiger partial charge in [0.15, 0.2) is 5.58 Å². The molecule has 0 saturated carbocycles. The Balaban J connectivity index is 2.23. The highest BCUT2D eigenvalue weighted by Crippen LogP contribution is 2.32. The summed E-state index contributed by atoms with van der Waals surface area (Å²) in [6, 6.07) is 9.38. The fourth-order valence-corrected chi connectivity index (χ4v) is 2.47. The molecule has 0 fully saturated rings. The Morgan fingerprint density at radius 3 is 2.68 bits per heavy atom. The van der Waals surface area contributed by atoms with Gasteiger partial charge in [-0.1, -0.05) is 17.7 Å². The van der Waals surface area contributed by atoms with E-state index in [0.717, 1.165) is 27.8 Å². The minimum atomic E-state index is 0.522. The predicted molar refractivity (Wildman–Crippen MR) is 78.3 cm³/mol. The third-order valence-corrected chi connectivity index (χ3v) is 3.36. The molecule has 19 heavy (non-hydrogen) atoms. The van der Waals surface area contributed by atoms with Gasteiger partial charge in [-0.15, -0.1) is 0 Å². The van der Waals surface area contributed by atoms with Crippen molar-refractivity contribution in [2.45, 2.75) is 13.8 Å². The first-order valence-corrected chi connectivity index (χ1v) is 6.35. The number of hydrogen-bond donors (Lipinski definition) is 1. The van der Waals surface area contributed by atoms with Gasteiger partial charge in [0.05, 0.1) is 10.6 Å². The highest BCUT2D eigenvalue weighted by atomic mass is 35.5. The van der Waals surface area contributed by atoms with Crippen molar-refractivity contribution in [2.75, 3.05) is 5.73 Å². The molecule has 0 spiro atoms. The van der Waals surface area contributed by atoms with Crippen LogP contribution in [0.1, 0.15) is 11.1 Å². The lowest BCUT2D eigenvalue weighted by Gasteiger charge is -2.00. The molecule has 0 bridgehead atoms. The quantitative estimate of drug-likeness (QED) is 0.670. The van der Waals surface area contributed by atoms with Gasteiger partial charge in [0.1, 0.15) is 5.52 Å². The van der Waals surface area contributed by atoms with Gasteiger partial charge in [0.2, 0.25) is 5.89 Å². The number of fused-ring (bicyclic) bond motifs is 1. The summed E-state index contributed by atoms with van der Waals surface area (Å²) >= 11 is 6.18. The molecule has 3 rings (SSSR count). The van der Waals surface area contributed by atoms with Crippen LogP contribution in [0.15, 0.2) is 34.7 Å². The van der Waals surface area contributed by atoms with Crippen molar-refractivity contribution in [2.24, 2.45) is 0 Å². The van der Waals surface area contributed by atoms with E-state index in [4.69, 9.17) is 21.8 Å². The molecule has 3 nitrogen and oxygen atoms in total. The molecule has 1 aromatic heterocycles. The summed E-state index contributed by atoms with van der Waals surface area (Å²) in [6.07, 6.45) is 0. The third kappa shape index (κ3) is 2.06. The predicted octanol–water partition coefficient (Wildman–Crippen LogP) is 4.35. The minimum Gasteiger partial charge on any atom is -0.436 e. The second-order valence-corrected chi connectivity index (χ2v) is 5.10. The van der Waals surface area contributed by atoms with Gasteiger partial charge < -0.3 is 10.2 Å². The van der Waals surface area contributed by atoms with Crippen LogP contribution in [-0.2, 0) is 0 Å². The van der Waals surface area contributed by atoms with Crippen molar-refractivity contribution >= 4 is 28.4 Å². The molecule has 0 unspecified atom stereocenters. The van der Waals surface area contributed by atoms with Crippen LogP contribution in [0.3, 0.4) is 0 Å². The van der Waals surface area contributed by atoms with Crippen LogP contribution >= 0.6 is 11.6 Å². The second-order valence-electron chi connectivity index (χ2n) is 4.69. The molecular weight excluding hydrogens is 260 g/mol. The van der Waals surface area contributed by atoms with E-state index in [-0.39, 0.29) is 0 Å². The zero-order valence-electron chi connectivity index (χ0n) is 10.7. The van der Waals surface area contributed by atoms with Crippen LogP contribution in [0.5, 0.6) is 0 Å². The number of aromatic nitrogens is 1. The molecule has 0 aliphatic heterocycles. The average Bonchev–Trinajstić information content (AvgIpc) is 2.72. The molecule has 96 valence electrons. The van der Waals surface area contributed by atoms with Gasteiger partial charge in [0, 0.05) is 5.69 Å². The van der Waals surface area contributed by atoms with E-state index in [1.807, 2.05) is 26.0 Å². The first kappa shape index (κ1) is 12.1. The van der Waals surface area contributed by atoms with Crippen molar-refractivity contribution in [1.82, 2.24) is 4.98 Å². The van der Waals surface area contributed by atoms with E-state index in [1.165, 1.54) is 0 Å². The first-order valence-electron chi connectivity index (χ1n) is 5.98. The third-order valence-electron chi connectivity index (χ3n) is 3.04. The maximum atomic E-state index is 6.18. The Bertz CT molecular complexity index is 777. The van der Waals surface area contributed by atoms with Gasteiger partial charge in [-0.25, -0.2) is 4.98 Å². The van der Waals surface area contributed by atoms with Crippen LogP contribution in [0, 0.1) is 13.8 Å². The zero-order valence-corrected chi connectivity index (χ0v) is 11.5. The molecule has 0 radical (unpaired) electrons. The summed E-state index contributed by atoms with van der Waals surface area (Å²) in [5.74, 6) is 0.522. The smallest absolute Gasteiger partial charge is 0.228 e. The van der Waals surface area contributed by atoms with Crippen molar-refractivity contribution in [1.29, 1.82) is 0 Å². The van der Waals surface area contributed by atoms with E-state index in [1.54, 1.807) is 12.1 Å². The molecule has 0 aliphatic carbocycles. The number of anilines is 1. The van der Waals surface area contributed by atoms with E-state index in [9.17, 15) is 0 Å². The van der Waals surface area contributed by atoms with Crippen LogP contribution in [0.4, 0.5) is 5.69 Å². The van der Waals surface area contributed by atoms with E-state index >= 15 is 0 Å². The van der Waals surface area contributed by atoms with Crippen LogP contribution < -0.4 is 5.73 Å². The number of hydrogen-bond acceptors (Lipinski definition) is 3. The normalized spacial score (nSPS) is 11.1. The number of nitrogens with two attached hydrogens (primary N) is 1. The van der Waals surface area contributed by atoms with E-state index in [2.05, 4.69) is 11.1 Å². The Morgan fingerprint density at radius 1 is 1.16 bits per heavy atom. The van der Waals surface area contributed by atoms with Gasteiger partial charge >= 0.3 is 0 Å². The maximum absolute atomic E-state index is 6.18. The fraction of sp³-hybridized carbons (Fsp3) is 0.133. The summed E-state index contributed by atoms with van der Waals surface area (Å²) in [5, 5.41) is 0.543. The van der Waals surface area contributed by atoms with Crippen molar-refractivity contribution in [3.8, 4) is 11.5 Å². The summed E-state index contributed by atoms with van der Waals surface area (Å²) < 4.78 is 5.82. The summed E-state index contributed by atoms with van der Waals surface area (Å²) in [4.78, 5) is 4.50. The highest BCUT2D eigenvalue weighted by molar-refractivity contribution is 6.33. The molecule has 0 aliphatic rings. The molecule has 4 heteroatoms. The molecule has 2 aromatic carbocycles. The fourth-order valence-electron chi connectivity index (χ4n) is 2.20. The molecule has 0 saturated heterocycles. The number of nitrogen functional groups attached to an aromatic ring is 1. The van der Waals surface area contributed by atoms with Crippen molar-refractivity contribution < 1.29 is 4.42 Å². The second kappa shape index (κ2) is 4.28. The Hall–Kier alpha value is -2.00. The van der Waals surface area contributed by atoms with Crippen LogP contribution in [0.2, 0.25) is 5.02 Å². The highest BCUT2D eigenvalue weighted by Gasteiger charge is 2.13. The molecule has 3 aromatic rings. The van der Waals surface area contributed by atoms with Crippen molar-refractivity contribution in [3.05, 3.63) is 46.5 Å². The van der Waals surface area contributed by atoms with Gasteiger partial charge in [0.25, 0.3) is 0 Å². The Kier molecular flexibility index (Phi) is 2.72. The number of halogens is 1. The van der Waals surface area contributed by atoms with Gasteiger partial charge in [-0.05, 0) is 49.2 Å². The van der Waals surface area contributed by atoms with E-state index < -0.39 is 0 Å². The number of benzene rings is 2. The molecular formula is C15H13ClN2O. The van der Waals surface area contributed by atoms with E-state index in [0.29, 0.717) is 16.6 Å². The molecule has 0 amide bonds. The lowest BCUT2D eigenvalue weighted by Crippen LogP contribution is -1.85. The van der Waals surface area contributed by atoms with Crippen LogP contribution in [-0.4, -0.2) is 4.98 Å². The topological polar surface area (TPSA) is 52.0 Å². The summed E-state index contributed by atoms with van der Waals surface area (Å²) in [7, 11) is 0. The average molecular weight is 273 g/mol. The Morgan fingerprint density at radius 2 is 1.95 bits per heavy atom. The Labute approximate surface area is 116 Å². The number of nitrogens with zero attached hydrogens (tertiary/aromatic N) is 1. The monoisotopic (exact) mass is 272 g/mol. The first-order chi connectivity index (χ1) is 9.04. The van der Waals surface area contributed by atoms with Crippen molar-refractivity contribution in [3.63, 3.8) is 0 Å². The van der Waals surface area contributed by atoms with Crippen LogP contribution in [0.25, 0.3) is 22.6 Å². The molecule has 2 N–H and O–H groups in total. The summed E-state index contributed by atoms with van der Waals surface area (Å²) in [5.41, 5.74) is 10.9. The number of rotatable bonds is 1. The largest absolute Gasteiger partial charge is 0.436 e. The van der Waals surface area contributed by atoms with Gasteiger partial charge in [-0.3, -0.25) is 0 Å². The molecule has 0 atom stereocenters.